The fourth-order valence-corrected chi connectivity index (χ4v) is 4.93. The van der Waals surface area contributed by atoms with E-state index in [4.69, 9.17) is 0 Å². The van der Waals surface area contributed by atoms with Crippen LogP contribution in [0.25, 0.3) is 0 Å². The number of piperidine rings is 1. The van der Waals surface area contributed by atoms with Gasteiger partial charge in [-0.2, -0.15) is 0 Å². The second-order valence-electron chi connectivity index (χ2n) is 6.37. The minimum absolute atomic E-state index is 0.157. The molecule has 1 saturated heterocycles. The Morgan fingerprint density at radius 3 is 2.52 bits per heavy atom. The minimum atomic E-state index is -4.73. The molecule has 1 aliphatic heterocycles. The summed E-state index contributed by atoms with van der Waals surface area (Å²) < 4.78 is 41.5. The number of thioether (sulfide) groups is 1. The molecule has 1 fully saturated rings. The second kappa shape index (κ2) is 8.52. The van der Waals surface area contributed by atoms with Crippen molar-refractivity contribution in [1.29, 1.82) is 0 Å². The van der Waals surface area contributed by atoms with E-state index in [1.54, 1.807) is 28.0 Å². The lowest BCUT2D eigenvalue weighted by atomic mass is 9.98. The Morgan fingerprint density at radius 2 is 1.96 bits per heavy atom. The number of ether oxygens (including phenoxy) is 1. The van der Waals surface area contributed by atoms with Crippen molar-refractivity contribution in [2.75, 3.05) is 18.8 Å². The number of alkyl halides is 3. The number of halogens is 3. The van der Waals surface area contributed by atoms with Gasteiger partial charge in [-0.3, -0.25) is 4.79 Å². The molecule has 27 heavy (non-hydrogen) atoms. The molecular weight excluding hydrogens is 397 g/mol. The molecule has 2 aromatic rings. The fraction of sp³-hybridized carbons (Fsp3) is 0.444. The lowest BCUT2D eigenvalue weighted by molar-refractivity contribution is -0.274. The predicted molar refractivity (Wildman–Crippen MR) is 99.3 cm³/mol. The number of carbonyl (C=O) groups excluding carboxylic acids is 1. The molecule has 0 aliphatic carbocycles. The van der Waals surface area contributed by atoms with E-state index in [1.807, 2.05) is 12.3 Å². The van der Waals surface area contributed by atoms with E-state index in [-0.39, 0.29) is 11.7 Å². The number of aryl methyl sites for hydroxylation is 1. The molecule has 1 aromatic carbocycles. The number of likely N-dealkylation sites (tertiary alicyclic amines) is 1. The standard InChI is InChI=1S/C18H19F3N2O2S2/c1-12-10-26-17(22-12)27-11-13-6-8-23(9-7-13)16(24)14-2-4-15(5-3-14)25-18(19,20)21/h2-5,10,13H,6-9,11H2,1H3. The topological polar surface area (TPSA) is 42.4 Å². The smallest absolute Gasteiger partial charge is 0.406 e. The molecular formula is C18H19F3N2O2S2. The first-order valence-electron chi connectivity index (χ1n) is 8.50. The van der Waals surface area contributed by atoms with Gasteiger partial charge in [0.25, 0.3) is 5.91 Å². The highest BCUT2D eigenvalue weighted by molar-refractivity contribution is 8.01. The molecule has 1 aromatic heterocycles. The highest BCUT2D eigenvalue weighted by Gasteiger charge is 2.31. The Kier molecular flexibility index (Phi) is 6.31. The van der Waals surface area contributed by atoms with Gasteiger partial charge in [0.15, 0.2) is 0 Å². The molecule has 0 saturated carbocycles. The summed E-state index contributed by atoms with van der Waals surface area (Å²) in [6.07, 6.45) is -2.90. The van der Waals surface area contributed by atoms with Gasteiger partial charge in [-0.25, -0.2) is 4.98 Å². The lowest BCUT2D eigenvalue weighted by Gasteiger charge is -2.31. The van der Waals surface area contributed by atoms with Crippen LogP contribution in [0.5, 0.6) is 5.75 Å². The quantitative estimate of drug-likeness (QED) is 0.644. The molecule has 0 spiro atoms. The molecule has 0 unspecified atom stereocenters. The fourth-order valence-electron chi connectivity index (χ4n) is 2.87. The summed E-state index contributed by atoms with van der Waals surface area (Å²) in [4.78, 5) is 18.7. The first-order valence-corrected chi connectivity index (χ1v) is 10.4. The zero-order valence-corrected chi connectivity index (χ0v) is 16.3. The summed E-state index contributed by atoms with van der Waals surface area (Å²) in [6.45, 7) is 3.29. The Morgan fingerprint density at radius 1 is 1.30 bits per heavy atom. The largest absolute Gasteiger partial charge is 0.573 e. The number of rotatable bonds is 5. The molecule has 0 radical (unpaired) electrons. The van der Waals surface area contributed by atoms with Crippen LogP contribution in [-0.4, -0.2) is 41.0 Å². The molecule has 3 rings (SSSR count). The third-order valence-electron chi connectivity index (χ3n) is 4.28. The Bertz CT molecular complexity index is 770. The number of benzene rings is 1. The van der Waals surface area contributed by atoms with Crippen LogP contribution in [0.3, 0.4) is 0 Å². The van der Waals surface area contributed by atoms with Crippen LogP contribution in [-0.2, 0) is 0 Å². The summed E-state index contributed by atoms with van der Waals surface area (Å²) >= 11 is 3.41. The molecule has 4 nitrogen and oxygen atoms in total. The van der Waals surface area contributed by atoms with E-state index in [9.17, 15) is 18.0 Å². The highest BCUT2D eigenvalue weighted by atomic mass is 32.2. The molecule has 2 heterocycles. The van der Waals surface area contributed by atoms with Crippen LogP contribution in [0.1, 0.15) is 28.9 Å². The second-order valence-corrected chi connectivity index (χ2v) is 8.50. The number of carbonyl (C=O) groups is 1. The van der Waals surface area contributed by atoms with Crippen molar-refractivity contribution in [1.82, 2.24) is 9.88 Å². The van der Waals surface area contributed by atoms with E-state index >= 15 is 0 Å². The normalized spacial score (nSPS) is 15.8. The number of hydrogen-bond donors (Lipinski definition) is 0. The van der Waals surface area contributed by atoms with Crippen molar-refractivity contribution < 1.29 is 22.7 Å². The number of nitrogens with zero attached hydrogens (tertiary/aromatic N) is 2. The van der Waals surface area contributed by atoms with Crippen molar-refractivity contribution in [2.45, 2.75) is 30.5 Å². The number of thiazole rings is 1. The first-order chi connectivity index (χ1) is 12.8. The van der Waals surface area contributed by atoms with Crippen LogP contribution in [0.4, 0.5) is 13.2 Å². The summed E-state index contributed by atoms with van der Waals surface area (Å²) in [5.41, 5.74) is 1.41. The van der Waals surface area contributed by atoms with Gasteiger partial charge in [0.05, 0.1) is 0 Å². The molecule has 1 aliphatic rings. The zero-order chi connectivity index (χ0) is 19.4. The van der Waals surface area contributed by atoms with Gasteiger partial charge >= 0.3 is 6.36 Å². The van der Waals surface area contributed by atoms with Gasteiger partial charge in [0.2, 0.25) is 0 Å². The zero-order valence-electron chi connectivity index (χ0n) is 14.7. The van der Waals surface area contributed by atoms with Crippen LogP contribution < -0.4 is 4.74 Å². The van der Waals surface area contributed by atoms with Crippen molar-refractivity contribution in [3.8, 4) is 5.75 Å². The Balaban J connectivity index is 1.48. The SMILES string of the molecule is Cc1csc(SCC2CCN(C(=O)c3ccc(OC(F)(F)F)cc3)CC2)n1. The van der Waals surface area contributed by atoms with E-state index < -0.39 is 6.36 Å². The number of amides is 1. The monoisotopic (exact) mass is 416 g/mol. The summed E-state index contributed by atoms with van der Waals surface area (Å²) in [5.74, 6) is 1.03. The third-order valence-corrected chi connectivity index (χ3v) is 6.65. The summed E-state index contributed by atoms with van der Waals surface area (Å²) in [7, 11) is 0. The predicted octanol–water partition coefficient (Wildman–Crippen LogP) is 4.99. The van der Waals surface area contributed by atoms with Crippen molar-refractivity contribution >= 4 is 29.0 Å². The number of hydrogen-bond acceptors (Lipinski definition) is 5. The number of aromatic nitrogens is 1. The van der Waals surface area contributed by atoms with Crippen LogP contribution in [0.15, 0.2) is 34.0 Å². The maximum atomic E-state index is 12.5. The molecule has 0 N–H and O–H groups in total. The van der Waals surface area contributed by atoms with Gasteiger partial charge < -0.3 is 9.64 Å². The van der Waals surface area contributed by atoms with Gasteiger partial charge in [-0.1, -0.05) is 11.8 Å². The van der Waals surface area contributed by atoms with Gasteiger partial charge in [-0.05, 0) is 49.9 Å². The molecule has 9 heteroatoms. The maximum absolute atomic E-state index is 12.5. The molecule has 146 valence electrons. The molecule has 0 atom stereocenters. The summed E-state index contributed by atoms with van der Waals surface area (Å²) in [6, 6.07) is 5.08. The Labute approximate surface area is 163 Å². The lowest BCUT2D eigenvalue weighted by Crippen LogP contribution is -2.39. The summed E-state index contributed by atoms with van der Waals surface area (Å²) in [5, 5.41) is 2.04. The van der Waals surface area contributed by atoms with Gasteiger partial charge in [0.1, 0.15) is 10.1 Å². The van der Waals surface area contributed by atoms with Crippen molar-refractivity contribution in [3.63, 3.8) is 0 Å². The van der Waals surface area contributed by atoms with Crippen LogP contribution >= 0.6 is 23.1 Å². The molecule has 1 amide bonds. The van der Waals surface area contributed by atoms with Gasteiger partial charge in [-0.15, -0.1) is 24.5 Å². The third kappa shape index (κ3) is 5.87. The van der Waals surface area contributed by atoms with Crippen molar-refractivity contribution in [2.24, 2.45) is 5.92 Å². The van der Waals surface area contributed by atoms with E-state index in [0.717, 1.165) is 28.6 Å². The van der Waals surface area contributed by atoms with E-state index in [1.165, 1.54) is 24.3 Å². The van der Waals surface area contributed by atoms with E-state index in [2.05, 4.69) is 9.72 Å². The minimum Gasteiger partial charge on any atom is -0.406 e. The van der Waals surface area contributed by atoms with E-state index in [0.29, 0.717) is 24.6 Å². The average Bonchev–Trinajstić information content (AvgIpc) is 3.04. The van der Waals surface area contributed by atoms with Crippen LogP contribution in [0, 0.1) is 12.8 Å². The van der Waals surface area contributed by atoms with Gasteiger partial charge in [0, 0.05) is 35.5 Å². The van der Waals surface area contributed by atoms with Crippen LogP contribution in [0.2, 0.25) is 0 Å². The molecule has 0 bridgehead atoms. The first kappa shape index (κ1) is 20.0. The Hall–Kier alpha value is -1.74. The van der Waals surface area contributed by atoms with Crippen molar-refractivity contribution in [3.05, 3.63) is 40.9 Å². The maximum Gasteiger partial charge on any atom is 0.573 e. The highest BCUT2D eigenvalue weighted by Crippen LogP contribution is 2.29. The average molecular weight is 416 g/mol.